The summed E-state index contributed by atoms with van der Waals surface area (Å²) in [5, 5.41) is 20.0. The molecule has 1 aromatic carbocycles. The highest BCUT2D eigenvalue weighted by atomic mass is 16.3. The number of carbonyl (C=O) groups is 1. The molecule has 1 fully saturated rings. The Morgan fingerprint density at radius 1 is 1.28 bits per heavy atom. The zero-order valence-corrected chi connectivity index (χ0v) is 14.3. The Morgan fingerprint density at radius 3 is 2.92 bits per heavy atom. The summed E-state index contributed by atoms with van der Waals surface area (Å²) in [6.45, 7) is 2.80. The molecule has 3 rings (SSSR count). The maximum atomic E-state index is 12.3. The lowest BCUT2D eigenvalue weighted by atomic mass is 10.0. The van der Waals surface area contributed by atoms with Crippen molar-refractivity contribution in [2.45, 2.75) is 31.7 Å². The second-order valence-electron chi connectivity index (χ2n) is 6.40. The van der Waals surface area contributed by atoms with Gasteiger partial charge in [-0.1, -0.05) is 12.5 Å². The largest absolute Gasteiger partial charge is 0.395 e. The summed E-state index contributed by atoms with van der Waals surface area (Å²) in [6.07, 6.45) is 7.55. The SMILES string of the molecule is O=C(NCCCN1CCCC[C@H]1CO)c1cccc(-n2cnnc2)c1. The molecule has 2 aromatic rings. The van der Waals surface area contributed by atoms with Crippen LogP contribution in [0.3, 0.4) is 0 Å². The standard InChI is InChI=1S/C18H25N5O2/c24-12-17-6-1-2-9-22(17)10-4-8-19-18(25)15-5-3-7-16(11-15)23-13-20-21-14-23/h3,5,7,11,13-14,17,24H,1-2,4,6,8-10,12H2,(H,19,25)/t17-/m0/s1. The predicted molar refractivity (Wildman–Crippen MR) is 94.6 cm³/mol. The number of amides is 1. The van der Waals surface area contributed by atoms with Crippen LogP contribution in [0.2, 0.25) is 0 Å². The molecule has 25 heavy (non-hydrogen) atoms. The van der Waals surface area contributed by atoms with E-state index in [0.29, 0.717) is 12.1 Å². The monoisotopic (exact) mass is 343 g/mol. The number of nitrogens with one attached hydrogen (secondary N) is 1. The van der Waals surface area contributed by atoms with Gasteiger partial charge in [-0.05, 0) is 44.0 Å². The van der Waals surface area contributed by atoms with Gasteiger partial charge in [-0.3, -0.25) is 14.3 Å². The van der Waals surface area contributed by atoms with Gasteiger partial charge in [-0.2, -0.15) is 0 Å². The smallest absolute Gasteiger partial charge is 0.251 e. The molecule has 1 amide bonds. The third-order valence-electron chi connectivity index (χ3n) is 4.69. The molecule has 1 aliphatic rings. The maximum absolute atomic E-state index is 12.3. The Kier molecular flexibility index (Phi) is 6.14. The molecule has 7 heteroatoms. The van der Waals surface area contributed by atoms with Crippen LogP contribution in [0.5, 0.6) is 0 Å². The maximum Gasteiger partial charge on any atom is 0.251 e. The molecule has 134 valence electrons. The third-order valence-corrected chi connectivity index (χ3v) is 4.69. The third kappa shape index (κ3) is 4.64. The van der Waals surface area contributed by atoms with Crippen LogP contribution >= 0.6 is 0 Å². The van der Waals surface area contributed by atoms with E-state index >= 15 is 0 Å². The fourth-order valence-corrected chi connectivity index (χ4v) is 3.29. The number of hydrogen-bond acceptors (Lipinski definition) is 5. The summed E-state index contributed by atoms with van der Waals surface area (Å²) in [5.41, 5.74) is 1.48. The molecule has 0 spiro atoms. The van der Waals surface area contributed by atoms with E-state index in [1.807, 2.05) is 18.2 Å². The van der Waals surface area contributed by atoms with Crippen LogP contribution < -0.4 is 5.32 Å². The van der Waals surface area contributed by atoms with Gasteiger partial charge in [0.2, 0.25) is 0 Å². The lowest BCUT2D eigenvalue weighted by Gasteiger charge is -2.34. The second-order valence-corrected chi connectivity index (χ2v) is 6.40. The van der Waals surface area contributed by atoms with E-state index in [1.165, 1.54) is 12.8 Å². The molecule has 1 saturated heterocycles. The number of likely N-dealkylation sites (tertiary alicyclic amines) is 1. The minimum atomic E-state index is -0.0766. The summed E-state index contributed by atoms with van der Waals surface area (Å²) in [6, 6.07) is 7.67. The van der Waals surface area contributed by atoms with Crippen LogP contribution in [0.25, 0.3) is 5.69 Å². The van der Waals surface area contributed by atoms with Gasteiger partial charge in [0, 0.05) is 30.4 Å². The van der Waals surface area contributed by atoms with Gasteiger partial charge in [-0.25, -0.2) is 0 Å². The van der Waals surface area contributed by atoms with Crippen molar-refractivity contribution in [2.75, 3.05) is 26.2 Å². The first-order chi connectivity index (χ1) is 12.3. The lowest BCUT2D eigenvalue weighted by molar-refractivity contribution is 0.0868. The minimum Gasteiger partial charge on any atom is -0.395 e. The lowest BCUT2D eigenvalue weighted by Crippen LogP contribution is -2.43. The van der Waals surface area contributed by atoms with E-state index in [-0.39, 0.29) is 18.6 Å². The molecule has 0 radical (unpaired) electrons. The normalized spacial score (nSPS) is 18.2. The number of hydrogen-bond donors (Lipinski definition) is 2. The number of carbonyl (C=O) groups excluding carboxylic acids is 1. The Balaban J connectivity index is 1.47. The van der Waals surface area contributed by atoms with Crippen LogP contribution in [0, 0.1) is 0 Å². The first-order valence-corrected chi connectivity index (χ1v) is 8.86. The average molecular weight is 343 g/mol. The zero-order chi connectivity index (χ0) is 17.5. The van der Waals surface area contributed by atoms with Gasteiger partial charge in [0.05, 0.1) is 6.61 Å². The molecule has 0 aliphatic carbocycles. The highest BCUT2D eigenvalue weighted by Gasteiger charge is 2.20. The van der Waals surface area contributed by atoms with E-state index in [4.69, 9.17) is 0 Å². The van der Waals surface area contributed by atoms with E-state index in [0.717, 1.165) is 31.6 Å². The van der Waals surface area contributed by atoms with Crippen molar-refractivity contribution in [1.29, 1.82) is 0 Å². The van der Waals surface area contributed by atoms with Crippen LogP contribution in [0.1, 0.15) is 36.0 Å². The van der Waals surface area contributed by atoms with Crippen molar-refractivity contribution in [2.24, 2.45) is 0 Å². The van der Waals surface area contributed by atoms with Crippen LogP contribution in [0.15, 0.2) is 36.9 Å². The van der Waals surface area contributed by atoms with E-state index in [9.17, 15) is 9.90 Å². The molecule has 0 bridgehead atoms. The Bertz CT molecular complexity index is 674. The molecule has 1 atom stereocenters. The number of aliphatic hydroxyl groups is 1. The first-order valence-electron chi connectivity index (χ1n) is 8.86. The topological polar surface area (TPSA) is 83.3 Å². The summed E-state index contributed by atoms with van der Waals surface area (Å²) in [5.74, 6) is -0.0766. The van der Waals surface area contributed by atoms with Crippen molar-refractivity contribution in [1.82, 2.24) is 25.0 Å². The van der Waals surface area contributed by atoms with Gasteiger partial charge in [0.1, 0.15) is 12.7 Å². The number of benzene rings is 1. The van der Waals surface area contributed by atoms with Crippen molar-refractivity contribution in [3.05, 3.63) is 42.5 Å². The zero-order valence-electron chi connectivity index (χ0n) is 14.3. The van der Waals surface area contributed by atoms with E-state index in [1.54, 1.807) is 23.3 Å². The van der Waals surface area contributed by atoms with Gasteiger partial charge < -0.3 is 10.4 Å². The predicted octanol–water partition coefficient (Wildman–Crippen LogP) is 1.23. The van der Waals surface area contributed by atoms with Crippen LogP contribution in [-0.2, 0) is 0 Å². The van der Waals surface area contributed by atoms with Crippen LogP contribution in [0.4, 0.5) is 0 Å². The number of aromatic nitrogens is 3. The molecule has 2 N–H and O–H groups in total. The molecule has 0 saturated carbocycles. The number of piperidine rings is 1. The van der Waals surface area contributed by atoms with Gasteiger partial charge >= 0.3 is 0 Å². The van der Waals surface area contributed by atoms with Crippen molar-refractivity contribution >= 4 is 5.91 Å². The molecular weight excluding hydrogens is 318 g/mol. The van der Waals surface area contributed by atoms with Crippen molar-refractivity contribution in [3.63, 3.8) is 0 Å². The minimum absolute atomic E-state index is 0.0766. The highest BCUT2D eigenvalue weighted by molar-refractivity contribution is 5.94. The summed E-state index contributed by atoms with van der Waals surface area (Å²) in [7, 11) is 0. The van der Waals surface area contributed by atoms with E-state index < -0.39 is 0 Å². The second kappa shape index (κ2) is 8.73. The fraction of sp³-hybridized carbons (Fsp3) is 0.500. The summed E-state index contributed by atoms with van der Waals surface area (Å²) >= 11 is 0. The van der Waals surface area contributed by atoms with E-state index in [2.05, 4.69) is 20.4 Å². The first kappa shape index (κ1) is 17.6. The van der Waals surface area contributed by atoms with Gasteiger partial charge in [-0.15, -0.1) is 10.2 Å². The number of rotatable bonds is 7. The fourth-order valence-electron chi connectivity index (χ4n) is 3.29. The molecule has 0 unspecified atom stereocenters. The van der Waals surface area contributed by atoms with Crippen LogP contribution in [-0.4, -0.2) is 63.0 Å². The molecule has 1 aliphatic heterocycles. The highest BCUT2D eigenvalue weighted by Crippen LogP contribution is 2.16. The number of aliphatic hydroxyl groups excluding tert-OH is 1. The quantitative estimate of drug-likeness (QED) is 0.739. The summed E-state index contributed by atoms with van der Waals surface area (Å²) in [4.78, 5) is 14.7. The molecule has 7 nitrogen and oxygen atoms in total. The Morgan fingerprint density at radius 2 is 2.12 bits per heavy atom. The molecule has 2 heterocycles. The number of nitrogens with zero attached hydrogens (tertiary/aromatic N) is 4. The van der Waals surface area contributed by atoms with Crippen molar-refractivity contribution < 1.29 is 9.90 Å². The molecule has 1 aromatic heterocycles. The average Bonchev–Trinajstić information content (AvgIpc) is 3.20. The Labute approximate surface area is 147 Å². The van der Waals surface area contributed by atoms with Crippen molar-refractivity contribution in [3.8, 4) is 5.69 Å². The summed E-state index contributed by atoms with van der Waals surface area (Å²) < 4.78 is 1.77. The van der Waals surface area contributed by atoms with Gasteiger partial charge in [0.25, 0.3) is 5.91 Å². The van der Waals surface area contributed by atoms with Gasteiger partial charge in [0.15, 0.2) is 0 Å². The Hall–Kier alpha value is -2.25. The molecular formula is C18H25N5O2.